The maximum atomic E-state index is 13.2. The second-order valence-electron chi connectivity index (χ2n) is 2.43. The molecule has 1 aromatic rings. The third kappa shape index (κ3) is 2.48. The zero-order valence-electron chi connectivity index (χ0n) is 6.99. The van der Waals surface area contributed by atoms with E-state index in [0.717, 1.165) is 6.07 Å². The predicted octanol–water partition coefficient (Wildman–Crippen LogP) is 3.46. The van der Waals surface area contributed by atoms with E-state index in [1.54, 1.807) is 0 Å². The minimum absolute atomic E-state index is 0.0435. The molecular formula is C8H5BBr2F2O. The molecule has 2 radical (unpaired) electrons. The van der Waals surface area contributed by atoms with Crippen LogP contribution in [0.2, 0.25) is 6.32 Å². The second kappa shape index (κ2) is 5.12. The van der Waals surface area contributed by atoms with Crippen molar-refractivity contribution in [2.75, 3.05) is 6.61 Å². The molecule has 1 aromatic carbocycles. The highest BCUT2D eigenvalue weighted by Crippen LogP contribution is 2.35. The van der Waals surface area contributed by atoms with Crippen LogP contribution >= 0.6 is 31.9 Å². The molecule has 0 atom stereocenters. The summed E-state index contributed by atoms with van der Waals surface area (Å²) >= 11 is 5.78. The predicted molar refractivity (Wildman–Crippen MR) is 57.8 cm³/mol. The standard InChI is InChI=1S/C8H5BBr2F2O/c9-1-2-14-8-5(12)3-4(10)7(13)6(8)11/h3H,1-2H2. The largest absolute Gasteiger partial charge is 0.490 e. The highest BCUT2D eigenvalue weighted by atomic mass is 79.9. The molecule has 0 aliphatic heterocycles. The molecule has 1 nitrogen and oxygen atoms in total. The van der Waals surface area contributed by atoms with E-state index in [1.165, 1.54) is 0 Å². The van der Waals surface area contributed by atoms with Crippen LogP contribution in [0.5, 0.6) is 5.75 Å². The van der Waals surface area contributed by atoms with Gasteiger partial charge in [-0.3, -0.25) is 0 Å². The van der Waals surface area contributed by atoms with Gasteiger partial charge in [0.1, 0.15) is 0 Å². The van der Waals surface area contributed by atoms with Crippen LogP contribution in [0.3, 0.4) is 0 Å². The van der Waals surface area contributed by atoms with Crippen LogP contribution in [0.15, 0.2) is 15.0 Å². The Morgan fingerprint density at radius 1 is 1.36 bits per heavy atom. The smallest absolute Gasteiger partial charge is 0.172 e. The summed E-state index contributed by atoms with van der Waals surface area (Å²) in [5.41, 5.74) is 0. The number of hydrogen-bond acceptors (Lipinski definition) is 1. The van der Waals surface area contributed by atoms with Crippen LogP contribution in [-0.4, -0.2) is 14.5 Å². The maximum absolute atomic E-state index is 13.2. The van der Waals surface area contributed by atoms with Gasteiger partial charge < -0.3 is 4.74 Å². The zero-order valence-corrected chi connectivity index (χ0v) is 10.2. The lowest BCUT2D eigenvalue weighted by Gasteiger charge is -2.09. The maximum Gasteiger partial charge on any atom is 0.172 e. The van der Waals surface area contributed by atoms with E-state index >= 15 is 0 Å². The Hall–Kier alpha value is -0.0951. The van der Waals surface area contributed by atoms with Gasteiger partial charge in [-0.05, 0) is 37.9 Å². The Morgan fingerprint density at radius 2 is 2.00 bits per heavy atom. The van der Waals surface area contributed by atoms with Crippen LogP contribution in [-0.2, 0) is 0 Å². The van der Waals surface area contributed by atoms with Gasteiger partial charge in [-0.15, -0.1) is 0 Å². The molecule has 0 unspecified atom stereocenters. The van der Waals surface area contributed by atoms with Crippen LogP contribution in [0, 0.1) is 11.6 Å². The summed E-state index contributed by atoms with van der Waals surface area (Å²) in [6.45, 7) is 0.136. The Morgan fingerprint density at radius 3 is 2.57 bits per heavy atom. The first kappa shape index (κ1) is 12.0. The molecule has 74 valence electrons. The molecule has 0 saturated heterocycles. The van der Waals surface area contributed by atoms with Crippen LogP contribution in [0.1, 0.15) is 0 Å². The van der Waals surface area contributed by atoms with Crippen molar-refractivity contribution in [3.8, 4) is 5.75 Å². The van der Waals surface area contributed by atoms with Gasteiger partial charge >= 0.3 is 0 Å². The molecule has 0 aliphatic carbocycles. The van der Waals surface area contributed by atoms with E-state index < -0.39 is 11.6 Å². The first-order valence-corrected chi connectivity index (χ1v) is 5.32. The van der Waals surface area contributed by atoms with Crippen molar-refractivity contribution in [3.05, 3.63) is 26.6 Å². The Balaban J connectivity index is 3.09. The third-order valence-electron chi connectivity index (χ3n) is 1.44. The molecule has 0 aromatic heterocycles. The highest BCUT2D eigenvalue weighted by Gasteiger charge is 2.16. The van der Waals surface area contributed by atoms with Crippen LogP contribution < -0.4 is 4.74 Å². The Kier molecular flexibility index (Phi) is 4.38. The first-order chi connectivity index (χ1) is 6.57. The zero-order chi connectivity index (χ0) is 10.7. The molecular weight excluding hydrogens is 321 g/mol. The van der Waals surface area contributed by atoms with Gasteiger partial charge in [-0.1, -0.05) is 6.32 Å². The van der Waals surface area contributed by atoms with Gasteiger partial charge in [0.2, 0.25) is 0 Å². The van der Waals surface area contributed by atoms with Crippen molar-refractivity contribution in [1.29, 1.82) is 0 Å². The molecule has 0 spiro atoms. The summed E-state index contributed by atoms with van der Waals surface area (Å²) < 4.78 is 31.4. The monoisotopic (exact) mass is 324 g/mol. The molecule has 0 N–H and O–H groups in total. The molecule has 0 aliphatic rings. The van der Waals surface area contributed by atoms with Crippen molar-refractivity contribution in [1.82, 2.24) is 0 Å². The van der Waals surface area contributed by atoms with Crippen molar-refractivity contribution in [2.24, 2.45) is 0 Å². The minimum Gasteiger partial charge on any atom is -0.490 e. The number of ether oxygens (including phenoxy) is 1. The third-order valence-corrected chi connectivity index (χ3v) is 2.72. The number of hydrogen-bond donors (Lipinski definition) is 0. The summed E-state index contributed by atoms with van der Waals surface area (Å²) in [5.74, 6) is -1.40. The van der Waals surface area contributed by atoms with Gasteiger partial charge in [0.05, 0.1) is 23.4 Å². The minimum atomic E-state index is -0.640. The highest BCUT2D eigenvalue weighted by molar-refractivity contribution is 9.11. The van der Waals surface area contributed by atoms with Crippen molar-refractivity contribution in [3.63, 3.8) is 0 Å². The van der Waals surface area contributed by atoms with E-state index in [1.807, 2.05) is 0 Å². The topological polar surface area (TPSA) is 9.23 Å². The molecule has 6 heteroatoms. The van der Waals surface area contributed by atoms with E-state index in [0.29, 0.717) is 0 Å². The number of halogens is 4. The Labute approximate surface area is 98.5 Å². The molecule has 0 amide bonds. The average molecular weight is 326 g/mol. The lowest BCUT2D eigenvalue weighted by atomic mass is 10.1. The lowest BCUT2D eigenvalue weighted by molar-refractivity contribution is 0.316. The fourth-order valence-electron chi connectivity index (χ4n) is 0.843. The van der Waals surface area contributed by atoms with Gasteiger partial charge in [0.15, 0.2) is 17.4 Å². The summed E-state index contributed by atoms with van der Waals surface area (Å²) in [4.78, 5) is 0. The van der Waals surface area contributed by atoms with Gasteiger partial charge in [0, 0.05) is 0 Å². The molecule has 1 rings (SSSR count). The van der Waals surface area contributed by atoms with Crippen molar-refractivity contribution < 1.29 is 13.5 Å². The van der Waals surface area contributed by atoms with E-state index in [-0.39, 0.29) is 27.6 Å². The van der Waals surface area contributed by atoms with Crippen molar-refractivity contribution in [2.45, 2.75) is 6.32 Å². The van der Waals surface area contributed by atoms with Gasteiger partial charge in [0.25, 0.3) is 0 Å². The fraction of sp³-hybridized carbons (Fsp3) is 0.250. The van der Waals surface area contributed by atoms with Crippen LogP contribution in [0.25, 0.3) is 0 Å². The van der Waals surface area contributed by atoms with E-state index in [9.17, 15) is 8.78 Å². The fourth-order valence-corrected chi connectivity index (χ4v) is 2.03. The quantitative estimate of drug-likeness (QED) is 0.470. The SMILES string of the molecule is [B]CCOc1c(F)cc(Br)c(F)c1Br. The summed E-state index contributed by atoms with van der Waals surface area (Å²) in [6.07, 6.45) is 0.240. The molecule has 14 heavy (non-hydrogen) atoms. The first-order valence-electron chi connectivity index (χ1n) is 3.73. The average Bonchev–Trinajstić information content (AvgIpc) is 2.14. The van der Waals surface area contributed by atoms with Gasteiger partial charge in [-0.2, -0.15) is 0 Å². The summed E-state index contributed by atoms with van der Waals surface area (Å²) in [7, 11) is 5.18. The van der Waals surface area contributed by atoms with Crippen LogP contribution in [0.4, 0.5) is 8.78 Å². The Bertz CT molecular complexity index is 347. The number of benzene rings is 1. The molecule has 0 heterocycles. The molecule has 0 saturated carbocycles. The van der Waals surface area contributed by atoms with Gasteiger partial charge in [-0.25, -0.2) is 8.78 Å². The molecule has 0 bridgehead atoms. The normalized spacial score (nSPS) is 10.3. The van der Waals surface area contributed by atoms with E-state index in [4.69, 9.17) is 12.6 Å². The van der Waals surface area contributed by atoms with Crippen molar-refractivity contribution >= 4 is 39.7 Å². The second-order valence-corrected chi connectivity index (χ2v) is 4.08. The lowest BCUT2D eigenvalue weighted by Crippen LogP contribution is -2.00. The molecule has 0 fully saturated rings. The number of rotatable bonds is 3. The summed E-state index contributed by atoms with van der Waals surface area (Å²) in [5, 5.41) is 0. The summed E-state index contributed by atoms with van der Waals surface area (Å²) in [6, 6.07) is 1.01. The van der Waals surface area contributed by atoms with E-state index in [2.05, 4.69) is 31.9 Å².